The first-order valence-electron chi connectivity index (χ1n) is 2.20. The highest BCUT2D eigenvalue weighted by molar-refractivity contribution is 5.73. The maximum absolute atomic E-state index is 9.59. The quantitative estimate of drug-likeness (QED) is 0.496. The lowest BCUT2D eigenvalue weighted by Gasteiger charge is -1.73. The van der Waals surface area contributed by atoms with Gasteiger partial charge in [-0.1, -0.05) is 13.5 Å². The minimum Gasteiger partial charge on any atom is -0.370 e. The van der Waals surface area contributed by atoms with Crippen LogP contribution in [0.25, 0.3) is 0 Å². The van der Waals surface area contributed by atoms with E-state index in [0.717, 1.165) is 0 Å². The molecule has 3 heteroatoms. The third-order valence-corrected chi connectivity index (χ3v) is 0.348. The molecule has 0 atom stereocenters. The molecule has 3 nitrogen and oxygen atoms in total. The fourth-order valence-corrected chi connectivity index (χ4v) is 0. The number of carbonyl (C=O) groups is 1. The van der Waals surface area contributed by atoms with Crippen LogP contribution in [0.3, 0.4) is 0 Å². The molecular formula is C5H10NO2. The Labute approximate surface area is 48.8 Å². The minimum atomic E-state index is -0.245. The van der Waals surface area contributed by atoms with Crippen LogP contribution < -0.4 is 5.73 Å². The van der Waals surface area contributed by atoms with Gasteiger partial charge in [0.15, 0.2) is 0 Å². The molecule has 0 aromatic rings. The summed E-state index contributed by atoms with van der Waals surface area (Å²) in [4.78, 5) is 9.59. The van der Waals surface area contributed by atoms with E-state index in [4.69, 9.17) is 5.11 Å². The summed E-state index contributed by atoms with van der Waals surface area (Å²) < 4.78 is 0. The second-order valence-electron chi connectivity index (χ2n) is 0.987. The van der Waals surface area contributed by atoms with E-state index < -0.39 is 0 Å². The Morgan fingerprint density at radius 2 is 2.00 bits per heavy atom. The Balaban J connectivity index is 0. The molecule has 0 aliphatic rings. The molecule has 0 aromatic heterocycles. The van der Waals surface area contributed by atoms with Gasteiger partial charge in [0.1, 0.15) is 6.26 Å². The van der Waals surface area contributed by atoms with Gasteiger partial charge in [-0.2, -0.15) is 0 Å². The average molecular weight is 116 g/mol. The van der Waals surface area contributed by atoms with Crippen LogP contribution in [0.15, 0.2) is 12.8 Å². The monoisotopic (exact) mass is 116 g/mol. The summed E-state index contributed by atoms with van der Waals surface area (Å²) >= 11 is 0. The zero-order valence-corrected chi connectivity index (χ0v) is 4.89. The van der Waals surface area contributed by atoms with Gasteiger partial charge >= 0.3 is 0 Å². The number of primary amides is 1. The highest BCUT2D eigenvalue weighted by Gasteiger charge is 1.77. The zero-order chi connectivity index (χ0) is 6.99. The van der Waals surface area contributed by atoms with E-state index in [2.05, 4.69) is 12.3 Å². The molecule has 0 saturated heterocycles. The average Bonchev–Trinajstić information content (AvgIpc) is 1.69. The van der Waals surface area contributed by atoms with Crippen molar-refractivity contribution in [1.29, 1.82) is 0 Å². The Morgan fingerprint density at radius 3 is 2.00 bits per heavy atom. The fourth-order valence-electron chi connectivity index (χ4n) is 0. The molecular weight excluding hydrogens is 106 g/mol. The maximum atomic E-state index is 9.59. The number of amides is 1. The van der Waals surface area contributed by atoms with Crippen LogP contribution in [0.1, 0.15) is 13.3 Å². The van der Waals surface area contributed by atoms with Crippen LogP contribution in [0.2, 0.25) is 0 Å². The summed E-state index contributed by atoms with van der Waals surface area (Å²) in [6.07, 6.45) is 0.944. The third-order valence-electron chi connectivity index (χ3n) is 0.348. The van der Waals surface area contributed by atoms with Crippen LogP contribution in [0, 0.1) is 0 Å². The Kier molecular flexibility index (Phi) is 11.8. The van der Waals surface area contributed by atoms with Gasteiger partial charge in [-0.15, -0.1) is 0 Å². The molecule has 0 bridgehead atoms. The smallest absolute Gasteiger partial charge is 0.217 e. The first kappa shape index (κ1) is 10.1. The molecule has 1 amide bonds. The van der Waals surface area contributed by atoms with Crippen molar-refractivity contribution in [3.8, 4) is 0 Å². The van der Waals surface area contributed by atoms with Gasteiger partial charge in [-0.25, -0.2) is 0 Å². The van der Waals surface area contributed by atoms with E-state index in [9.17, 15) is 4.79 Å². The lowest BCUT2D eigenvalue weighted by atomic mass is 10.5. The van der Waals surface area contributed by atoms with E-state index in [-0.39, 0.29) is 5.91 Å². The number of hydrogen-bond donors (Lipinski definition) is 1. The molecule has 47 valence electrons. The van der Waals surface area contributed by atoms with Gasteiger partial charge in [0, 0.05) is 6.42 Å². The Bertz CT molecular complexity index is 70.8. The van der Waals surface area contributed by atoms with Crippen molar-refractivity contribution in [3.05, 3.63) is 12.8 Å². The second-order valence-corrected chi connectivity index (χ2v) is 0.987. The largest absolute Gasteiger partial charge is 0.370 e. The highest BCUT2D eigenvalue weighted by atomic mass is 16.2. The zero-order valence-electron chi connectivity index (χ0n) is 4.89. The Hall–Kier alpha value is -0.990. The van der Waals surface area contributed by atoms with Crippen LogP contribution in [-0.4, -0.2) is 5.91 Å². The van der Waals surface area contributed by atoms with Gasteiger partial charge < -0.3 is 5.73 Å². The molecule has 0 aromatic carbocycles. The molecule has 0 fully saturated rings. The van der Waals surface area contributed by atoms with E-state index in [1.165, 1.54) is 0 Å². The van der Waals surface area contributed by atoms with Gasteiger partial charge in [0.05, 0.1) is 0 Å². The van der Waals surface area contributed by atoms with E-state index in [0.29, 0.717) is 12.7 Å². The summed E-state index contributed by atoms with van der Waals surface area (Å²) in [5.74, 6) is -0.245. The molecule has 2 N–H and O–H groups in total. The van der Waals surface area contributed by atoms with Crippen molar-refractivity contribution in [1.82, 2.24) is 0 Å². The van der Waals surface area contributed by atoms with Crippen molar-refractivity contribution in [3.63, 3.8) is 0 Å². The third kappa shape index (κ3) is 79.0. The molecule has 0 spiro atoms. The molecule has 0 aliphatic carbocycles. The standard InChI is InChI=1S/C3H7NO.C2H3O/c1-2-3(4)5;1-2-3/h2H2,1H3,(H2,4,5);2H,1H2. The van der Waals surface area contributed by atoms with Gasteiger partial charge in [-0.05, 0) is 0 Å². The van der Waals surface area contributed by atoms with Gasteiger partial charge in [-0.3, -0.25) is 9.90 Å². The topological polar surface area (TPSA) is 63.0 Å². The number of nitrogens with two attached hydrogens (primary N) is 1. The van der Waals surface area contributed by atoms with E-state index in [1.807, 2.05) is 0 Å². The first-order chi connectivity index (χ1) is 3.68. The van der Waals surface area contributed by atoms with Crippen molar-refractivity contribution >= 4 is 5.91 Å². The summed E-state index contributed by atoms with van der Waals surface area (Å²) in [5.41, 5.74) is 4.65. The normalized spacial score (nSPS) is 6.12. The maximum Gasteiger partial charge on any atom is 0.217 e. The lowest BCUT2D eigenvalue weighted by molar-refractivity contribution is -0.117. The Morgan fingerprint density at radius 1 is 1.88 bits per heavy atom. The minimum absolute atomic E-state index is 0.245. The SMILES string of the molecule is C=C[O].CCC(N)=O. The van der Waals surface area contributed by atoms with Crippen molar-refractivity contribution in [2.75, 3.05) is 0 Å². The van der Waals surface area contributed by atoms with Crippen LogP contribution in [0.4, 0.5) is 0 Å². The molecule has 8 heavy (non-hydrogen) atoms. The molecule has 0 aliphatic heterocycles. The molecule has 0 unspecified atom stereocenters. The van der Waals surface area contributed by atoms with Crippen LogP contribution in [-0.2, 0) is 9.90 Å². The molecule has 1 radical (unpaired) electrons. The summed E-state index contributed by atoms with van der Waals surface area (Å²) in [6.45, 7) is 4.53. The van der Waals surface area contributed by atoms with Gasteiger partial charge in [0.25, 0.3) is 0 Å². The summed E-state index contributed by atoms with van der Waals surface area (Å²) in [7, 11) is 0. The van der Waals surface area contributed by atoms with Crippen LogP contribution in [0.5, 0.6) is 0 Å². The van der Waals surface area contributed by atoms with Crippen molar-refractivity contribution in [2.24, 2.45) is 5.73 Å². The fraction of sp³-hybridized carbons (Fsp3) is 0.400. The number of hydrogen-bond acceptors (Lipinski definition) is 1. The van der Waals surface area contributed by atoms with E-state index >= 15 is 0 Å². The van der Waals surface area contributed by atoms with E-state index in [1.54, 1.807) is 6.92 Å². The van der Waals surface area contributed by atoms with Crippen molar-refractivity contribution in [2.45, 2.75) is 13.3 Å². The second kappa shape index (κ2) is 9.38. The van der Waals surface area contributed by atoms with Gasteiger partial charge in [0.2, 0.25) is 5.91 Å². The first-order valence-corrected chi connectivity index (χ1v) is 2.20. The molecule has 0 rings (SSSR count). The van der Waals surface area contributed by atoms with Crippen LogP contribution >= 0.6 is 0 Å². The lowest BCUT2D eigenvalue weighted by Crippen LogP contribution is -2.06. The summed E-state index contributed by atoms with van der Waals surface area (Å²) in [5, 5.41) is 8.69. The molecule has 0 saturated carbocycles. The highest BCUT2D eigenvalue weighted by Crippen LogP contribution is 1.63. The van der Waals surface area contributed by atoms with Crippen molar-refractivity contribution < 1.29 is 9.90 Å². The summed E-state index contributed by atoms with van der Waals surface area (Å²) in [6, 6.07) is 0. The number of carbonyl (C=O) groups excluding carboxylic acids is 1. The number of rotatable bonds is 1. The molecule has 0 heterocycles. The predicted octanol–water partition coefficient (Wildman–Crippen LogP) is 0.442. The predicted molar refractivity (Wildman–Crippen MR) is 30.4 cm³/mol.